The molecule has 27 heavy (non-hydrogen) atoms. The van der Waals surface area contributed by atoms with Gasteiger partial charge in [-0.3, -0.25) is 4.90 Å². The van der Waals surface area contributed by atoms with Crippen molar-refractivity contribution in [3.63, 3.8) is 0 Å². The molecule has 0 spiro atoms. The third kappa shape index (κ3) is 5.52. The lowest BCUT2D eigenvalue weighted by atomic mass is 10.0. The molecule has 1 aliphatic heterocycles. The molecule has 1 fully saturated rings. The molecule has 2 amide bonds. The number of hydrogen-bond acceptors (Lipinski definition) is 3. The first kappa shape index (κ1) is 19.3. The Morgan fingerprint density at radius 1 is 1.15 bits per heavy atom. The van der Waals surface area contributed by atoms with E-state index >= 15 is 0 Å². The highest BCUT2D eigenvalue weighted by molar-refractivity contribution is 5.90. The lowest BCUT2D eigenvalue weighted by Crippen LogP contribution is -2.46. The summed E-state index contributed by atoms with van der Waals surface area (Å²) < 4.78 is 13.4. The van der Waals surface area contributed by atoms with Gasteiger partial charge in [0.05, 0.1) is 6.61 Å². The smallest absolute Gasteiger partial charge is 0.319 e. The molecule has 144 valence electrons. The van der Waals surface area contributed by atoms with Crippen molar-refractivity contribution in [3.8, 4) is 11.1 Å². The number of halogens is 1. The van der Waals surface area contributed by atoms with E-state index in [1.165, 1.54) is 12.1 Å². The number of likely N-dealkylation sites (tertiary alicyclic amines) is 1. The topological polar surface area (TPSA) is 64.6 Å². The van der Waals surface area contributed by atoms with Crippen LogP contribution in [0.5, 0.6) is 0 Å². The molecule has 0 bridgehead atoms. The van der Waals surface area contributed by atoms with Gasteiger partial charge in [0.15, 0.2) is 0 Å². The van der Waals surface area contributed by atoms with Crippen LogP contribution < -0.4 is 10.6 Å². The number of rotatable bonds is 6. The van der Waals surface area contributed by atoms with Crippen molar-refractivity contribution in [2.75, 3.05) is 31.6 Å². The van der Waals surface area contributed by atoms with Gasteiger partial charge in [-0.05, 0) is 54.8 Å². The Bertz CT molecular complexity index is 769. The van der Waals surface area contributed by atoms with Crippen LogP contribution in [0.4, 0.5) is 14.9 Å². The third-order valence-corrected chi connectivity index (χ3v) is 4.92. The number of benzene rings is 2. The van der Waals surface area contributed by atoms with E-state index in [0.717, 1.165) is 43.5 Å². The summed E-state index contributed by atoms with van der Waals surface area (Å²) in [5.74, 6) is -0.289. The number of carbonyl (C=O) groups excluding carboxylic acids is 1. The Kier molecular flexibility index (Phi) is 6.79. The number of anilines is 1. The molecule has 2 aromatic carbocycles. The molecule has 0 aliphatic carbocycles. The van der Waals surface area contributed by atoms with E-state index in [4.69, 9.17) is 0 Å². The summed E-state index contributed by atoms with van der Waals surface area (Å²) in [5.41, 5.74) is 2.26. The number of piperidine rings is 1. The van der Waals surface area contributed by atoms with Crippen LogP contribution in [0, 0.1) is 5.82 Å². The maximum atomic E-state index is 13.4. The van der Waals surface area contributed by atoms with Crippen molar-refractivity contribution in [1.29, 1.82) is 0 Å². The Morgan fingerprint density at radius 2 is 1.93 bits per heavy atom. The first-order chi connectivity index (χ1) is 13.2. The maximum Gasteiger partial charge on any atom is 0.319 e. The number of aliphatic hydroxyl groups is 1. The molecular weight excluding hydrogens is 345 g/mol. The van der Waals surface area contributed by atoms with Crippen molar-refractivity contribution in [3.05, 3.63) is 54.3 Å². The Labute approximate surface area is 159 Å². The molecule has 1 aliphatic rings. The average Bonchev–Trinajstić information content (AvgIpc) is 2.68. The fourth-order valence-electron chi connectivity index (χ4n) is 3.49. The second-order valence-electron chi connectivity index (χ2n) is 6.84. The summed E-state index contributed by atoms with van der Waals surface area (Å²) in [6, 6.07) is 13.6. The molecule has 1 unspecified atom stereocenters. The van der Waals surface area contributed by atoms with Crippen LogP contribution in [-0.2, 0) is 0 Å². The van der Waals surface area contributed by atoms with Crippen molar-refractivity contribution < 1.29 is 14.3 Å². The van der Waals surface area contributed by atoms with Gasteiger partial charge in [-0.1, -0.05) is 30.7 Å². The first-order valence-electron chi connectivity index (χ1n) is 9.41. The standard InChI is InChI=1S/C21H26FN3O2/c22-18-7-3-5-16(13-18)17-6-4-8-19(14-17)24-21(27)23-10-12-25-11-2-1-9-20(25)15-26/h3-8,13-14,20,26H,1-2,9-12,15H2,(H2,23,24,27). The highest BCUT2D eigenvalue weighted by atomic mass is 19.1. The van der Waals surface area contributed by atoms with Gasteiger partial charge in [-0.25, -0.2) is 9.18 Å². The summed E-state index contributed by atoms with van der Waals surface area (Å²) in [7, 11) is 0. The molecule has 0 saturated carbocycles. The van der Waals surface area contributed by atoms with Crippen LogP contribution in [0.2, 0.25) is 0 Å². The number of hydrogen-bond donors (Lipinski definition) is 3. The normalized spacial score (nSPS) is 17.5. The third-order valence-electron chi connectivity index (χ3n) is 4.92. The molecule has 1 atom stereocenters. The summed E-state index contributed by atoms with van der Waals surface area (Å²) in [6.07, 6.45) is 3.29. The van der Waals surface area contributed by atoms with Gasteiger partial charge in [0.1, 0.15) is 5.82 Å². The second kappa shape index (κ2) is 9.48. The Morgan fingerprint density at radius 3 is 2.70 bits per heavy atom. The zero-order valence-corrected chi connectivity index (χ0v) is 15.3. The molecule has 0 aromatic heterocycles. The Hall–Kier alpha value is -2.44. The van der Waals surface area contributed by atoms with Gasteiger partial charge in [0.25, 0.3) is 0 Å². The number of nitrogens with zero attached hydrogens (tertiary/aromatic N) is 1. The number of urea groups is 1. The van der Waals surface area contributed by atoms with Gasteiger partial charge in [0, 0.05) is 24.8 Å². The van der Waals surface area contributed by atoms with Gasteiger partial charge < -0.3 is 15.7 Å². The SMILES string of the molecule is O=C(NCCN1CCCCC1CO)Nc1cccc(-c2cccc(F)c2)c1. The number of carbonyl (C=O) groups is 1. The summed E-state index contributed by atoms with van der Waals surface area (Å²) in [6.45, 7) is 2.37. The first-order valence-corrected chi connectivity index (χ1v) is 9.41. The monoisotopic (exact) mass is 371 g/mol. The van der Waals surface area contributed by atoms with E-state index in [0.29, 0.717) is 12.2 Å². The van der Waals surface area contributed by atoms with E-state index in [1.807, 2.05) is 24.3 Å². The highest BCUT2D eigenvalue weighted by Crippen LogP contribution is 2.23. The molecule has 2 aromatic rings. The zero-order valence-electron chi connectivity index (χ0n) is 15.3. The van der Waals surface area contributed by atoms with Crippen LogP contribution in [-0.4, -0.2) is 48.3 Å². The van der Waals surface area contributed by atoms with Gasteiger partial charge in [-0.15, -0.1) is 0 Å². The minimum atomic E-state index is -0.289. The minimum absolute atomic E-state index is 0.166. The van der Waals surface area contributed by atoms with E-state index in [-0.39, 0.29) is 24.5 Å². The van der Waals surface area contributed by atoms with Crippen molar-refractivity contribution in [1.82, 2.24) is 10.2 Å². The zero-order chi connectivity index (χ0) is 19.1. The molecule has 0 radical (unpaired) electrons. The molecular formula is C21H26FN3O2. The van der Waals surface area contributed by atoms with Gasteiger partial charge in [-0.2, -0.15) is 0 Å². The van der Waals surface area contributed by atoms with Crippen molar-refractivity contribution in [2.45, 2.75) is 25.3 Å². The highest BCUT2D eigenvalue weighted by Gasteiger charge is 2.20. The summed E-state index contributed by atoms with van der Waals surface area (Å²) in [5, 5.41) is 15.1. The molecule has 5 nitrogen and oxygen atoms in total. The van der Waals surface area contributed by atoms with E-state index in [2.05, 4.69) is 15.5 Å². The fraction of sp³-hybridized carbons (Fsp3) is 0.381. The van der Waals surface area contributed by atoms with Crippen molar-refractivity contribution in [2.24, 2.45) is 0 Å². The quantitative estimate of drug-likeness (QED) is 0.729. The second-order valence-corrected chi connectivity index (χ2v) is 6.84. The lowest BCUT2D eigenvalue weighted by Gasteiger charge is -2.34. The average molecular weight is 371 g/mol. The number of nitrogens with one attached hydrogen (secondary N) is 2. The fourth-order valence-corrected chi connectivity index (χ4v) is 3.49. The number of amides is 2. The predicted molar refractivity (Wildman–Crippen MR) is 105 cm³/mol. The van der Waals surface area contributed by atoms with Crippen LogP contribution in [0.15, 0.2) is 48.5 Å². The summed E-state index contributed by atoms with van der Waals surface area (Å²) in [4.78, 5) is 14.4. The predicted octanol–water partition coefficient (Wildman–Crippen LogP) is 3.46. The van der Waals surface area contributed by atoms with E-state index in [9.17, 15) is 14.3 Å². The largest absolute Gasteiger partial charge is 0.395 e. The van der Waals surface area contributed by atoms with E-state index < -0.39 is 0 Å². The molecule has 3 rings (SSSR count). The van der Waals surface area contributed by atoms with Crippen molar-refractivity contribution >= 4 is 11.7 Å². The van der Waals surface area contributed by atoms with Crippen LogP contribution in [0.3, 0.4) is 0 Å². The lowest BCUT2D eigenvalue weighted by molar-refractivity contribution is 0.0917. The van der Waals surface area contributed by atoms with Crippen LogP contribution >= 0.6 is 0 Å². The molecule has 1 heterocycles. The number of aliphatic hydroxyl groups excluding tert-OH is 1. The van der Waals surface area contributed by atoms with Gasteiger partial charge >= 0.3 is 6.03 Å². The van der Waals surface area contributed by atoms with E-state index in [1.54, 1.807) is 12.1 Å². The molecule has 1 saturated heterocycles. The molecule has 6 heteroatoms. The minimum Gasteiger partial charge on any atom is -0.395 e. The maximum absolute atomic E-state index is 13.4. The summed E-state index contributed by atoms with van der Waals surface area (Å²) >= 11 is 0. The van der Waals surface area contributed by atoms with Crippen LogP contribution in [0.25, 0.3) is 11.1 Å². The Balaban J connectivity index is 1.51. The molecule has 3 N–H and O–H groups in total. The van der Waals surface area contributed by atoms with Gasteiger partial charge in [0.2, 0.25) is 0 Å². The van der Waals surface area contributed by atoms with Crippen LogP contribution in [0.1, 0.15) is 19.3 Å².